The number of hydrogen-bond donors (Lipinski definition) is 1. The van der Waals surface area contributed by atoms with Crippen LogP contribution in [0.25, 0.3) is 0 Å². The number of amides is 1. The van der Waals surface area contributed by atoms with Crippen molar-refractivity contribution in [1.82, 2.24) is 4.31 Å². The molecule has 0 saturated carbocycles. The van der Waals surface area contributed by atoms with Crippen molar-refractivity contribution in [2.75, 3.05) is 19.5 Å². The van der Waals surface area contributed by atoms with Gasteiger partial charge in [0.1, 0.15) is 5.75 Å². The summed E-state index contributed by atoms with van der Waals surface area (Å²) >= 11 is 0. The average Bonchev–Trinajstić information content (AvgIpc) is 2.87. The van der Waals surface area contributed by atoms with Crippen molar-refractivity contribution in [3.05, 3.63) is 90.0 Å². The van der Waals surface area contributed by atoms with Gasteiger partial charge in [0.25, 0.3) is 5.91 Å². The lowest BCUT2D eigenvalue weighted by Crippen LogP contribution is -2.33. The minimum absolute atomic E-state index is 0.0152. The van der Waals surface area contributed by atoms with Gasteiger partial charge < -0.3 is 14.8 Å². The fourth-order valence-electron chi connectivity index (χ4n) is 3.19. The number of rotatable bonds is 9. The van der Waals surface area contributed by atoms with E-state index in [1.165, 1.54) is 35.6 Å². The van der Waals surface area contributed by atoms with Crippen molar-refractivity contribution >= 4 is 27.6 Å². The number of nitrogens with one attached hydrogen (secondary N) is 1. The number of carbonyl (C=O) groups is 2. The summed E-state index contributed by atoms with van der Waals surface area (Å²) in [6.07, 6.45) is -1.26. The third-order valence-corrected chi connectivity index (χ3v) is 7.43. The monoisotopic (exact) mass is 496 g/mol. The van der Waals surface area contributed by atoms with E-state index in [0.717, 1.165) is 0 Å². The highest BCUT2D eigenvalue weighted by Gasteiger charge is 2.28. The zero-order valence-electron chi connectivity index (χ0n) is 20.0. The van der Waals surface area contributed by atoms with E-state index in [1.54, 1.807) is 75.6 Å². The predicted octanol–water partition coefficient (Wildman–Crippen LogP) is 4.26. The van der Waals surface area contributed by atoms with Crippen LogP contribution in [0.1, 0.15) is 35.9 Å². The molecule has 0 aromatic heterocycles. The van der Waals surface area contributed by atoms with E-state index in [9.17, 15) is 18.0 Å². The van der Waals surface area contributed by atoms with Crippen LogP contribution in [0.3, 0.4) is 0 Å². The summed E-state index contributed by atoms with van der Waals surface area (Å²) in [6, 6.07) is 20.6. The molecule has 1 amide bonds. The first kappa shape index (κ1) is 25.9. The Balaban J connectivity index is 1.87. The molecule has 0 aliphatic heterocycles. The molecule has 9 heteroatoms. The molecule has 8 nitrogen and oxygen atoms in total. The largest absolute Gasteiger partial charge is 0.497 e. The normalized spacial score (nSPS) is 12.3. The van der Waals surface area contributed by atoms with E-state index < -0.39 is 28.0 Å². The van der Waals surface area contributed by atoms with Crippen molar-refractivity contribution in [2.24, 2.45) is 0 Å². The Labute approximate surface area is 205 Å². The van der Waals surface area contributed by atoms with Crippen LogP contribution in [0.5, 0.6) is 5.75 Å². The molecule has 184 valence electrons. The number of ether oxygens (including phenoxy) is 2. The van der Waals surface area contributed by atoms with Crippen LogP contribution in [-0.2, 0) is 19.6 Å². The summed E-state index contributed by atoms with van der Waals surface area (Å²) in [5, 5.41) is 2.74. The van der Waals surface area contributed by atoms with Crippen molar-refractivity contribution in [2.45, 2.75) is 30.9 Å². The lowest BCUT2D eigenvalue weighted by atomic mass is 10.1. The minimum atomic E-state index is -3.80. The molecule has 35 heavy (non-hydrogen) atoms. The Kier molecular flexibility index (Phi) is 8.26. The number of methoxy groups -OCH3 is 1. The van der Waals surface area contributed by atoms with E-state index in [0.29, 0.717) is 17.0 Å². The summed E-state index contributed by atoms with van der Waals surface area (Å²) in [7, 11) is -0.788. The van der Waals surface area contributed by atoms with Crippen molar-refractivity contribution in [1.29, 1.82) is 0 Å². The van der Waals surface area contributed by atoms with Gasteiger partial charge in [-0.3, -0.25) is 4.79 Å². The summed E-state index contributed by atoms with van der Waals surface area (Å²) in [5.41, 5.74) is 0.981. The Bertz CT molecular complexity index is 1270. The maximum atomic E-state index is 13.1. The molecule has 3 aromatic carbocycles. The molecule has 3 rings (SSSR count). The van der Waals surface area contributed by atoms with Crippen LogP contribution < -0.4 is 10.1 Å². The fraction of sp³-hybridized carbons (Fsp3) is 0.231. The van der Waals surface area contributed by atoms with Gasteiger partial charge in [0.15, 0.2) is 0 Å². The highest BCUT2D eigenvalue weighted by Crippen LogP contribution is 2.24. The standard InChI is InChI=1S/C26H28N2O6S/c1-18(2)28(3)35(31,32)23-12-8-11-20(17-23)26(30)34-24(19-9-6-5-7-10-19)25(29)27-21-13-15-22(33-4)16-14-21/h5-18,24H,1-4H3,(H,27,29). The number of nitrogens with zero attached hydrogens (tertiary/aromatic N) is 1. The molecule has 1 atom stereocenters. The summed E-state index contributed by atoms with van der Waals surface area (Å²) in [4.78, 5) is 26.1. The van der Waals surface area contributed by atoms with Crippen LogP contribution >= 0.6 is 0 Å². The number of sulfonamides is 1. The molecule has 0 radical (unpaired) electrons. The van der Waals surface area contributed by atoms with Crippen LogP contribution in [0.15, 0.2) is 83.8 Å². The van der Waals surface area contributed by atoms with Gasteiger partial charge in [-0.15, -0.1) is 0 Å². The van der Waals surface area contributed by atoms with E-state index >= 15 is 0 Å². The highest BCUT2D eigenvalue weighted by atomic mass is 32.2. The maximum Gasteiger partial charge on any atom is 0.339 e. The topological polar surface area (TPSA) is 102 Å². The van der Waals surface area contributed by atoms with Crippen molar-refractivity contribution in [3.8, 4) is 5.75 Å². The molecule has 1 N–H and O–H groups in total. The van der Waals surface area contributed by atoms with Crippen LogP contribution in [0.4, 0.5) is 5.69 Å². The highest BCUT2D eigenvalue weighted by molar-refractivity contribution is 7.89. The Morgan fingerprint density at radius 2 is 1.57 bits per heavy atom. The number of benzene rings is 3. The minimum Gasteiger partial charge on any atom is -0.497 e. The van der Waals surface area contributed by atoms with Crippen LogP contribution in [0.2, 0.25) is 0 Å². The first-order valence-electron chi connectivity index (χ1n) is 10.9. The molecule has 0 saturated heterocycles. The van der Waals surface area contributed by atoms with Gasteiger partial charge in [0.05, 0.1) is 17.6 Å². The van der Waals surface area contributed by atoms with Crippen LogP contribution in [-0.4, -0.2) is 44.8 Å². The predicted molar refractivity (Wildman–Crippen MR) is 133 cm³/mol. The maximum absolute atomic E-state index is 13.1. The van der Waals surface area contributed by atoms with E-state index in [4.69, 9.17) is 9.47 Å². The zero-order chi connectivity index (χ0) is 25.6. The molecule has 0 fully saturated rings. The number of hydrogen-bond acceptors (Lipinski definition) is 6. The summed E-state index contributed by atoms with van der Waals surface area (Å²) < 4.78 is 37.6. The third kappa shape index (κ3) is 6.26. The van der Waals surface area contributed by atoms with Crippen LogP contribution in [0, 0.1) is 0 Å². The smallest absolute Gasteiger partial charge is 0.339 e. The number of carbonyl (C=O) groups excluding carboxylic acids is 2. The second kappa shape index (κ2) is 11.2. The van der Waals surface area contributed by atoms with Gasteiger partial charge in [-0.1, -0.05) is 36.4 Å². The van der Waals surface area contributed by atoms with Crippen molar-refractivity contribution < 1.29 is 27.5 Å². The van der Waals surface area contributed by atoms with Gasteiger partial charge in [-0.25, -0.2) is 13.2 Å². The molecular weight excluding hydrogens is 468 g/mol. The Morgan fingerprint density at radius 1 is 0.914 bits per heavy atom. The third-order valence-electron chi connectivity index (χ3n) is 5.40. The molecule has 3 aromatic rings. The van der Waals surface area contributed by atoms with Gasteiger partial charge in [-0.05, 0) is 56.3 Å². The molecule has 0 bridgehead atoms. The van der Waals surface area contributed by atoms with E-state index in [1.807, 2.05) is 0 Å². The average molecular weight is 497 g/mol. The molecular formula is C26H28N2O6S. The SMILES string of the molecule is COc1ccc(NC(=O)C(OC(=O)c2cccc(S(=O)(=O)N(C)C(C)C)c2)c2ccccc2)cc1. The lowest BCUT2D eigenvalue weighted by Gasteiger charge is -2.21. The quantitative estimate of drug-likeness (QED) is 0.444. The van der Waals surface area contributed by atoms with E-state index in [2.05, 4.69) is 5.32 Å². The molecule has 0 spiro atoms. The second-order valence-corrected chi connectivity index (χ2v) is 10.1. The first-order chi connectivity index (χ1) is 16.6. The summed E-state index contributed by atoms with van der Waals surface area (Å²) in [6.45, 7) is 3.50. The number of esters is 1. The lowest BCUT2D eigenvalue weighted by molar-refractivity contribution is -0.125. The fourth-order valence-corrected chi connectivity index (χ4v) is 4.60. The van der Waals surface area contributed by atoms with Gasteiger partial charge in [0.2, 0.25) is 16.1 Å². The second-order valence-electron chi connectivity index (χ2n) is 8.06. The molecule has 0 aliphatic carbocycles. The number of anilines is 1. The van der Waals surface area contributed by atoms with Gasteiger partial charge in [0, 0.05) is 24.3 Å². The molecule has 1 unspecified atom stereocenters. The first-order valence-corrected chi connectivity index (χ1v) is 12.4. The van der Waals surface area contributed by atoms with Gasteiger partial charge >= 0.3 is 5.97 Å². The van der Waals surface area contributed by atoms with E-state index in [-0.39, 0.29) is 16.5 Å². The molecule has 0 heterocycles. The zero-order valence-corrected chi connectivity index (χ0v) is 20.8. The van der Waals surface area contributed by atoms with Gasteiger partial charge in [-0.2, -0.15) is 4.31 Å². The Hall–Kier alpha value is -3.69. The molecule has 0 aliphatic rings. The van der Waals surface area contributed by atoms with Crippen molar-refractivity contribution in [3.63, 3.8) is 0 Å². The Morgan fingerprint density at radius 3 is 2.17 bits per heavy atom. The summed E-state index contributed by atoms with van der Waals surface area (Å²) in [5.74, 6) is -0.752.